The molecule has 0 spiro atoms. The first kappa shape index (κ1) is 19.0. The molecule has 24 heavy (non-hydrogen) atoms. The highest BCUT2D eigenvalue weighted by Gasteiger charge is 2.07. The van der Waals surface area contributed by atoms with Crippen LogP contribution in [0.1, 0.15) is 12.6 Å². The number of benzene rings is 1. The smallest absolute Gasteiger partial charge is 0.300 e. The average molecular weight is 348 g/mol. The Morgan fingerprint density at radius 2 is 2.00 bits per heavy atom. The van der Waals surface area contributed by atoms with Gasteiger partial charge in [0.1, 0.15) is 5.71 Å². The van der Waals surface area contributed by atoms with Gasteiger partial charge in [0.2, 0.25) is 5.96 Å². The number of allylic oxidation sites excluding steroid dienone is 1. The summed E-state index contributed by atoms with van der Waals surface area (Å²) in [5, 5.41) is 19.3. The number of nitrogens with two attached hydrogens (primary N) is 1. The van der Waals surface area contributed by atoms with E-state index in [9.17, 15) is 0 Å². The van der Waals surface area contributed by atoms with Gasteiger partial charge in [-0.25, -0.2) is 5.43 Å². The SMILES string of the molecule is C=CC(=NNC(=N)N)c1cccn1-c1ccc(Cl)cc1.CC(=O)O. The van der Waals surface area contributed by atoms with Crippen LogP contribution in [-0.4, -0.2) is 27.3 Å². The van der Waals surface area contributed by atoms with Gasteiger partial charge in [0.05, 0.1) is 5.69 Å². The Hall–Kier alpha value is -3.06. The molecule has 0 saturated heterocycles. The van der Waals surface area contributed by atoms with Crippen LogP contribution < -0.4 is 11.2 Å². The number of halogens is 1. The highest BCUT2D eigenvalue weighted by atomic mass is 35.5. The molecule has 0 bridgehead atoms. The number of hydrogen-bond donors (Lipinski definition) is 4. The number of hydrazone groups is 1. The number of hydrogen-bond acceptors (Lipinski definition) is 3. The minimum Gasteiger partial charge on any atom is -0.481 e. The highest BCUT2D eigenvalue weighted by Crippen LogP contribution is 2.17. The Morgan fingerprint density at radius 3 is 2.50 bits per heavy atom. The number of rotatable bonds is 4. The third-order valence-electron chi connectivity index (χ3n) is 2.61. The standard InChI is InChI=1S/C14H14ClN5.C2H4O2/c1-2-12(18-19-14(16)17)13-4-3-9-20(13)11-7-5-10(15)6-8-11;1-2(3)4/h2-9H,1H2,(H4,16,17,19);1H3,(H,3,4). The van der Waals surface area contributed by atoms with Crippen molar-refractivity contribution in [2.45, 2.75) is 6.92 Å². The molecule has 0 aliphatic carbocycles. The quantitative estimate of drug-likeness (QED) is 0.386. The number of guanidine groups is 1. The molecule has 0 unspecified atom stereocenters. The van der Waals surface area contributed by atoms with Crippen LogP contribution in [0.4, 0.5) is 0 Å². The number of nitrogens with zero attached hydrogens (tertiary/aromatic N) is 2. The molecule has 1 aromatic carbocycles. The van der Waals surface area contributed by atoms with Crippen LogP contribution in [0.25, 0.3) is 5.69 Å². The van der Waals surface area contributed by atoms with Crippen molar-refractivity contribution >= 4 is 29.2 Å². The van der Waals surface area contributed by atoms with Gasteiger partial charge in [-0.1, -0.05) is 18.2 Å². The zero-order valence-electron chi connectivity index (χ0n) is 13.0. The minimum absolute atomic E-state index is 0.228. The van der Waals surface area contributed by atoms with Gasteiger partial charge >= 0.3 is 0 Å². The van der Waals surface area contributed by atoms with E-state index >= 15 is 0 Å². The van der Waals surface area contributed by atoms with Crippen molar-refractivity contribution < 1.29 is 9.90 Å². The van der Waals surface area contributed by atoms with Crippen LogP contribution in [0.5, 0.6) is 0 Å². The summed E-state index contributed by atoms with van der Waals surface area (Å²) in [6.45, 7) is 4.81. The van der Waals surface area contributed by atoms with E-state index in [4.69, 9.17) is 32.6 Å². The summed E-state index contributed by atoms with van der Waals surface area (Å²) in [7, 11) is 0. The van der Waals surface area contributed by atoms with E-state index in [1.54, 1.807) is 6.08 Å². The van der Waals surface area contributed by atoms with Crippen LogP contribution >= 0.6 is 11.6 Å². The summed E-state index contributed by atoms with van der Waals surface area (Å²) in [6.07, 6.45) is 3.50. The van der Waals surface area contributed by atoms with E-state index < -0.39 is 5.97 Å². The molecule has 0 amide bonds. The molecule has 5 N–H and O–H groups in total. The van der Waals surface area contributed by atoms with Gasteiger partial charge in [0, 0.05) is 23.8 Å². The summed E-state index contributed by atoms with van der Waals surface area (Å²) in [4.78, 5) is 9.00. The summed E-state index contributed by atoms with van der Waals surface area (Å²) < 4.78 is 1.94. The molecule has 2 aromatic rings. The molecule has 0 saturated carbocycles. The van der Waals surface area contributed by atoms with Crippen molar-refractivity contribution in [2.24, 2.45) is 10.8 Å². The molecule has 7 nitrogen and oxygen atoms in total. The summed E-state index contributed by atoms with van der Waals surface area (Å²) in [6, 6.07) is 11.3. The molecule has 0 aliphatic rings. The van der Waals surface area contributed by atoms with Crippen molar-refractivity contribution in [3.8, 4) is 5.69 Å². The summed E-state index contributed by atoms with van der Waals surface area (Å²) in [5.41, 5.74) is 10.0. The largest absolute Gasteiger partial charge is 0.481 e. The predicted molar refractivity (Wildman–Crippen MR) is 95.9 cm³/mol. The maximum atomic E-state index is 9.00. The van der Waals surface area contributed by atoms with E-state index in [1.165, 1.54) is 0 Å². The van der Waals surface area contributed by atoms with Gasteiger partial charge in [-0.05, 0) is 42.5 Å². The summed E-state index contributed by atoms with van der Waals surface area (Å²) in [5.74, 6) is -1.06. The molecule has 0 aliphatic heterocycles. The lowest BCUT2D eigenvalue weighted by molar-refractivity contribution is -0.134. The van der Waals surface area contributed by atoms with Gasteiger partial charge in [-0.3, -0.25) is 10.2 Å². The van der Waals surface area contributed by atoms with Crippen LogP contribution in [0.2, 0.25) is 5.02 Å². The first-order valence-corrected chi connectivity index (χ1v) is 7.16. The lowest BCUT2D eigenvalue weighted by atomic mass is 10.2. The molecule has 8 heteroatoms. The number of carboxylic acid groups (broad SMARTS) is 1. The highest BCUT2D eigenvalue weighted by molar-refractivity contribution is 6.30. The van der Waals surface area contributed by atoms with E-state index in [0.717, 1.165) is 18.3 Å². The number of aliphatic carboxylic acids is 1. The third kappa shape index (κ3) is 5.98. The molecule has 0 radical (unpaired) electrons. The van der Waals surface area contributed by atoms with E-state index in [-0.39, 0.29) is 5.96 Å². The van der Waals surface area contributed by atoms with E-state index in [2.05, 4.69) is 17.1 Å². The molecular weight excluding hydrogens is 330 g/mol. The van der Waals surface area contributed by atoms with Crippen molar-refractivity contribution in [3.63, 3.8) is 0 Å². The number of aromatic nitrogens is 1. The summed E-state index contributed by atoms with van der Waals surface area (Å²) >= 11 is 5.89. The van der Waals surface area contributed by atoms with Gasteiger partial charge in [0.25, 0.3) is 5.97 Å². The lowest BCUT2D eigenvalue weighted by Gasteiger charge is -2.09. The van der Waals surface area contributed by atoms with Crippen LogP contribution in [0, 0.1) is 5.41 Å². The van der Waals surface area contributed by atoms with Gasteiger partial charge in [-0.15, -0.1) is 0 Å². The van der Waals surface area contributed by atoms with Crippen LogP contribution in [0.15, 0.2) is 60.4 Å². The Kier molecular flexibility index (Phi) is 7.25. The van der Waals surface area contributed by atoms with Crippen LogP contribution in [-0.2, 0) is 4.79 Å². The zero-order chi connectivity index (χ0) is 18.1. The fourth-order valence-electron chi connectivity index (χ4n) is 1.74. The Morgan fingerprint density at radius 1 is 1.42 bits per heavy atom. The number of carbonyl (C=O) groups is 1. The van der Waals surface area contributed by atoms with Crippen molar-refractivity contribution in [1.29, 1.82) is 5.41 Å². The first-order chi connectivity index (χ1) is 11.3. The van der Waals surface area contributed by atoms with E-state index in [1.807, 2.05) is 47.2 Å². The fraction of sp³-hybridized carbons (Fsp3) is 0.0625. The lowest BCUT2D eigenvalue weighted by Crippen LogP contribution is -2.27. The molecule has 0 atom stereocenters. The maximum Gasteiger partial charge on any atom is 0.300 e. The molecule has 1 aromatic heterocycles. The van der Waals surface area contributed by atoms with Crippen molar-refractivity contribution in [3.05, 3.63) is 66.0 Å². The average Bonchev–Trinajstić information content (AvgIpc) is 2.97. The molecule has 1 heterocycles. The molecular formula is C16H18ClN5O2. The normalized spacial score (nSPS) is 10.3. The van der Waals surface area contributed by atoms with Crippen LogP contribution in [0.3, 0.4) is 0 Å². The van der Waals surface area contributed by atoms with Gasteiger partial charge in [-0.2, -0.15) is 5.10 Å². The maximum absolute atomic E-state index is 9.00. The molecule has 2 rings (SSSR count). The topological polar surface area (TPSA) is 116 Å². The second-order valence-electron chi connectivity index (χ2n) is 4.49. The second-order valence-corrected chi connectivity index (χ2v) is 4.92. The molecule has 126 valence electrons. The number of carboxylic acids is 1. The second kappa shape index (κ2) is 9.16. The van der Waals surface area contributed by atoms with Gasteiger partial charge < -0.3 is 15.4 Å². The zero-order valence-corrected chi connectivity index (χ0v) is 13.8. The third-order valence-corrected chi connectivity index (χ3v) is 2.86. The minimum atomic E-state index is -0.833. The Balaban J connectivity index is 0.000000648. The first-order valence-electron chi connectivity index (χ1n) is 6.78. The monoisotopic (exact) mass is 347 g/mol. The molecule has 0 fully saturated rings. The van der Waals surface area contributed by atoms with Gasteiger partial charge in [0.15, 0.2) is 0 Å². The van der Waals surface area contributed by atoms with Crippen molar-refractivity contribution in [1.82, 2.24) is 9.99 Å². The number of nitrogens with one attached hydrogen (secondary N) is 2. The Labute approximate surface area is 144 Å². The fourth-order valence-corrected chi connectivity index (χ4v) is 1.87. The Bertz CT molecular complexity index is 746. The van der Waals surface area contributed by atoms with Crippen molar-refractivity contribution in [2.75, 3.05) is 0 Å². The van der Waals surface area contributed by atoms with E-state index in [0.29, 0.717) is 10.7 Å². The predicted octanol–water partition coefficient (Wildman–Crippen LogP) is 2.59.